The molecule has 0 saturated carbocycles. The second-order valence-corrected chi connectivity index (χ2v) is 17.5. The first-order valence-corrected chi connectivity index (χ1v) is 23.0. The maximum atomic E-state index is 14.5. The van der Waals surface area contributed by atoms with Crippen molar-refractivity contribution in [2.45, 2.75) is 145 Å². The van der Waals surface area contributed by atoms with E-state index in [1.807, 2.05) is 0 Å². The van der Waals surface area contributed by atoms with Crippen molar-refractivity contribution in [1.29, 1.82) is 0 Å². The Labute approximate surface area is 397 Å². The molecule has 3 heterocycles. The Kier molecular flexibility index (Phi) is 20.4. The van der Waals surface area contributed by atoms with Crippen LogP contribution < -0.4 is 49.9 Å². The number of carbonyl (C=O) groups excluding carboxylic acids is 11. The standard InChI is InChI=1S/C44H64N12O13/c45-25(12-16-33(46)57)41(65)54-20-4-9-30(54)40(64)53-29(23-24-7-2-1-3-8-24)43(67)56-22-6-10-31(56)38(62)50-26(13-17-34(47)58)37(61)51-27(14-18-35(48)59)42(66)55-21-5-11-32(55)39(63)52-28(44(68)69)15-19-36(49)60/h1-3,7-8,25-32H,4-6,9-23,45H2,(H2,46,57)(H2,47,58)(H2,48,59)(H2,49,60)(H,50,62)(H,51,61)(H,52,63)(H,53,64)(H,68,69)/t25-,26-,27-,28-,29-,30-,31-,32-/m0/s1. The monoisotopic (exact) mass is 968 g/mol. The minimum atomic E-state index is -1.54. The number of rotatable bonds is 26. The molecule has 15 N–H and O–H groups in total. The topological polar surface area (TPSA) is 413 Å². The Hall–Kier alpha value is -7.18. The summed E-state index contributed by atoms with van der Waals surface area (Å²) in [6.07, 6.45) is -0.747. The van der Waals surface area contributed by atoms with Gasteiger partial charge in [0.25, 0.3) is 0 Å². The number of carboxylic acids is 1. The number of nitrogens with one attached hydrogen (secondary N) is 4. The molecule has 0 bridgehead atoms. The molecule has 11 amide bonds. The smallest absolute Gasteiger partial charge is 0.326 e. The van der Waals surface area contributed by atoms with E-state index in [0.717, 1.165) is 4.90 Å². The number of carbonyl (C=O) groups is 12. The van der Waals surface area contributed by atoms with Gasteiger partial charge in [0.15, 0.2) is 0 Å². The first kappa shape index (κ1) is 54.4. The van der Waals surface area contributed by atoms with Crippen molar-refractivity contribution in [2.24, 2.45) is 28.7 Å². The third-order valence-corrected chi connectivity index (χ3v) is 12.3. The average molecular weight is 969 g/mol. The van der Waals surface area contributed by atoms with Gasteiger partial charge in [-0.05, 0) is 69.8 Å². The minimum Gasteiger partial charge on any atom is -0.480 e. The van der Waals surface area contributed by atoms with E-state index in [4.69, 9.17) is 28.7 Å². The molecule has 3 aliphatic rings. The third-order valence-electron chi connectivity index (χ3n) is 12.3. The number of amides is 11. The van der Waals surface area contributed by atoms with Crippen LogP contribution >= 0.6 is 0 Å². The van der Waals surface area contributed by atoms with Gasteiger partial charge in [-0.15, -0.1) is 0 Å². The summed E-state index contributed by atoms with van der Waals surface area (Å²) in [6, 6.07) is -1.51. The molecule has 0 radical (unpaired) electrons. The summed E-state index contributed by atoms with van der Waals surface area (Å²) in [4.78, 5) is 159. The Balaban J connectivity index is 1.53. The van der Waals surface area contributed by atoms with Crippen LogP contribution in [0.1, 0.15) is 95.5 Å². The summed E-state index contributed by atoms with van der Waals surface area (Å²) in [7, 11) is 0. The molecular formula is C44H64N12O13. The lowest BCUT2D eigenvalue weighted by Gasteiger charge is -2.32. The number of benzene rings is 1. The van der Waals surface area contributed by atoms with Crippen molar-refractivity contribution in [2.75, 3.05) is 19.6 Å². The Morgan fingerprint density at radius 3 is 1.33 bits per heavy atom. The first-order chi connectivity index (χ1) is 32.7. The van der Waals surface area contributed by atoms with Gasteiger partial charge in [-0.1, -0.05) is 30.3 Å². The van der Waals surface area contributed by atoms with E-state index in [1.165, 1.54) is 9.80 Å². The zero-order valence-corrected chi connectivity index (χ0v) is 38.3. The molecular weight excluding hydrogens is 905 g/mol. The van der Waals surface area contributed by atoms with E-state index >= 15 is 0 Å². The number of likely N-dealkylation sites (tertiary alicyclic amines) is 3. The molecule has 8 atom stereocenters. The van der Waals surface area contributed by atoms with Crippen molar-refractivity contribution in [3.8, 4) is 0 Å². The molecule has 3 fully saturated rings. The molecule has 4 rings (SSSR count). The van der Waals surface area contributed by atoms with Gasteiger partial charge in [0, 0.05) is 51.7 Å². The SMILES string of the molecule is NC(=O)CC[C@H](NC(=O)[C@@H]1CCCN1C(=O)[C@H](CCC(N)=O)NC(=O)[C@H](CCC(N)=O)NC(=O)[C@@H]1CCCN1C(=O)[C@H](Cc1ccccc1)NC(=O)[C@@H]1CCCN1C(=O)[C@@H](N)CCC(N)=O)C(=O)O. The molecule has 25 heteroatoms. The fourth-order valence-corrected chi connectivity index (χ4v) is 8.71. The summed E-state index contributed by atoms with van der Waals surface area (Å²) >= 11 is 0. The molecule has 0 aliphatic carbocycles. The molecule has 0 aromatic heterocycles. The van der Waals surface area contributed by atoms with Gasteiger partial charge in [-0.25, -0.2) is 4.79 Å². The second kappa shape index (κ2) is 25.8. The Morgan fingerprint density at radius 2 is 0.884 bits per heavy atom. The molecule has 3 saturated heterocycles. The van der Waals surface area contributed by atoms with E-state index in [9.17, 15) is 62.6 Å². The fraction of sp³-hybridized carbons (Fsp3) is 0.591. The van der Waals surface area contributed by atoms with Gasteiger partial charge in [0.2, 0.25) is 65.0 Å². The highest BCUT2D eigenvalue weighted by molar-refractivity contribution is 5.98. The van der Waals surface area contributed by atoms with Gasteiger partial charge in [-0.3, -0.25) is 52.7 Å². The van der Waals surface area contributed by atoms with Crippen molar-refractivity contribution >= 4 is 70.9 Å². The van der Waals surface area contributed by atoms with E-state index in [1.54, 1.807) is 30.3 Å². The number of primary amides is 4. The van der Waals surface area contributed by atoms with Crippen molar-refractivity contribution in [3.63, 3.8) is 0 Å². The minimum absolute atomic E-state index is 0.00159. The van der Waals surface area contributed by atoms with Crippen molar-refractivity contribution in [1.82, 2.24) is 36.0 Å². The molecule has 3 aliphatic heterocycles. The van der Waals surface area contributed by atoms with Crippen LogP contribution in [0.25, 0.3) is 0 Å². The van der Waals surface area contributed by atoms with Gasteiger partial charge < -0.3 is 69.7 Å². The van der Waals surface area contributed by atoms with Crippen LogP contribution in [0.15, 0.2) is 30.3 Å². The first-order valence-electron chi connectivity index (χ1n) is 23.0. The van der Waals surface area contributed by atoms with Crippen LogP contribution in [0.4, 0.5) is 0 Å². The zero-order chi connectivity index (χ0) is 50.9. The molecule has 0 unspecified atom stereocenters. The lowest BCUT2D eigenvalue weighted by Crippen LogP contribution is -2.60. The number of hydrogen-bond acceptors (Lipinski definition) is 13. The number of nitrogens with two attached hydrogens (primary N) is 5. The van der Waals surface area contributed by atoms with Crippen LogP contribution in [0.2, 0.25) is 0 Å². The lowest BCUT2D eigenvalue weighted by atomic mass is 10.0. The number of carboxylic acid groups (broad SMARTS) is 1. The highest BCUT2D eigenvalue weighted by Crippen LogP contribution is 2.24. The van der Waals surface area contributed by atoms with Crippen LogP contribution in [-0.2, 0) is 64.0 Å². The van der Waals surface area contributed by atoms with E-state index in [2.05, 4.69) is 21.3 Å². The zero-order valence-electron chi connectivity index (χ0n) is 38.3. The third kappa shape index (κ3) is 16.0. The van der Waals surface area contributed by atoms with Crippen LogP contribution in [0.3, 0.4) is 0 Å². The Bertz CT molecular complexity index is 2110. The van der Waals surface area contributed by atoms with Crippen molar-refractivity contribution < 1.29 is 62.6 Å². The summed E-state index contributed by atoms with van der Waals surface area (Å²) < 4.78 is 0. The molecule has 69 heavy (non-hydrogen) atoms. The molecule has 25 nitrogen and oxygen atoms in total. The Morgan fingerprint density at radius 1 is 0.507 bits per heavy atom. The maximum Gasteiger partial charge on any atom is 0.326 e. The van der Waals surface area contributed by atoms with Gasteiger partial charge in [-0.2, -0.15) is 0 Å². The maximum absolute atomic E-state index is 14.5. The summed E-state index contributed by atoms with van der Waals surface area (Å²) in [5.74, 6) is -9.84. The lowest BCUT2D eigenvalue weighted by molar-refractivity contribution is -0.145. The normalized spacial score (nSPS) is 19.8. The van der Waals surface area contributed by atoms with Crippen LogP contribution in [-0.4, -0.2) is 159 Å². The number of aliphatic carboxylic acids is 1. The largest absolute Gasteiger partial charge is 0.480 e. The van der Waals surface area contributed by atoms with Gasteiger partial charge in [0.1, 0.15) is 42.3 Å². The van der Waals surface area contributed by atoms with Crippen LogP contribution in [0.5, 0.6) is 0 Å². The second-order valence-electron chi connectivity index (χ2n) is 17.5. The summed E-state index contributed by atoms with van der Waals surface area (Å²) in [6.45, 7) is 0.288. The average Bonchev–Trinajstić information content (AvgIpc) is 4.11. The molecule has 0 spiro atoms. The molecule has 1 aromatic carbocycles. The predicted molar refractivity (Wildman–Crippen MR) is 241 cm³/mol. The highest BCUT2D eigenvalue weighted by Gasteiger charge is 2.43. The van der Waals surface area contributed by atoms with Gasteiger partial charge in [0.05, 0.1) is 6.04 Å². The fourth-order valence-electron chi connectivity index (χ4n) is 8.71. The van der Waals surface area contributed by atoms with E-state index < -0.39 is 132 Å². The van der Waals surface area contributed by atoms with Crippen molar-refractivity contribution in [3.05, 3.63) is 35.9 Å². The highest BCUT2D eigenvalue weighted by atomic mass is 16.4. The quantitative estimate of drug-likeness (QED) is 0.0420. The summed E-state index contributed by atoms with van der Waals surface area (Å²) in [5, 5.41) is 19.8. The van der Waals surface area contributed by atoms with E-state index in [0.29, 0.717) is 24.8 Å². The van der Waals surface area contributed by atoms with Gasteiger partial charge >= 0.3 is 5.97 Å². The molecule has 378 valence electrons. The molecule has 1 aromatic rings. The summed E-state index contributed by atoms with van der Waals surface area (Å²) in [5.41, 5.74) is 27.9. The predicted octanol–water partition coefficient (Wildman–Crippen LogP) is -4.38. The number of hydrogen-bond donors (Lipinski definition) is 10. The van der Waals surface area contributed by atoms with Crippen LogP contribution in [0, 0.1) is 0 Å². The van der Waals surface area contributed by atoms with E-state index in [-0.39, 0.29) is 83.8 Å². The number of nitrogens with zero attached hydrogens (tertiary/aromatic N) is 3.